The van der Waals surface area contributed by atoms with Gasteiger partial charge in [-0.2, -0.15) is 0 Å². The number of hydrogen-bond acceptors (Lipinski definition) is 5. The number of nitrogens with zero attached hydrogens (tertiary/aromatic N) is 2. The molecule has 3 rings (SSSR count). The Morgan fingerprint density at radius 1 is 1.20 bits per heavy atom. The molecule has 0 atom stereocenters. The van der Waals surface area contributed by atoms with Crippen LogP contribution < -0.4 is 4.74 Å². The van der Waals surface area contributed by atoms with Gasteiger partial charge in [-0.3, -0.25) is 0 Å². The average Bonchev–Trinajstić information content (AvgIpc) is 2.95. The number of ether oxygens (including phenoxy) is 1. The summed E-state index contributed by atoms with van der Waals surface area (Å²) in [5.41, 5.74) is 0.735. The molecule has 1 aromatic heterocycles. The molecule has 1 heterocycles. The maximum Gasteiger partial charge on any atom is 0.184 e. The number of rotatable bonds is 6. The molecule has 25 heavy (non-hydrogen) atoms. The molecule has 3 nitrogen and oxygen atoms in total. The van der Waals surface area contributed by atoms with Gasteiger partial charge in [0, 0.05) is 10.8 Å². The molecule has 0 fully saturated rings. The molecule has 0 unspecified atom stereocenters. The van der Waals surface area contributed by atoms with Crippen LogP contribution in [-0.2, 0) is 0 Å². The van der Waals surface area contributed by atoms with E-state index in [-0.39, 0.29) is 5.82 Å². The Bertz CT molecular complexity index is 928. The smallest absolute Gasteiger partial charge is 0.184 e. The summed E-state index contributed by atoms with van der Waals surface area (Å²) in [5.74, 6) is 0.985. The summed E-state index contributed by atoms with van der Waals surface area (Å²) in [7, 11) is 0. The van der Waals surface area contributed by atoms with E-state index in [1.807, 2.05) is 0 Å². The first-order valence-corrected chi connectivity index (χ1v) is 10.1. The lowest BCUT2D eigenvalue weighted by Gasteiger charge is -2.07. The normalized spacial score (nSPS) is 10.8. The molecule has 3 aromatic rings. The monoisotopic (exact) mass is 432 g/mol. The summed E-state index contributed by atoms with van der Waals surface area (Å²) in [6, 6.07) is 11.2. The van der Waals surface area contributed by atoms with Crippen LogP contribution >= 0.6 is 58.5 Å². The minimum absolute atomic E-state index is 0.293. The molecule has 0 saturated carbocycles. The SMILES string of the molecule is Fc1ccc(-n2nc(SCCOc3ccc(Cl)cc3Cl)sc2=S)cc1. The largest absolute Gasteiger partial charge is 0.491 e. The molecule has 0 aliphatic carbocycles. The summed E-state index contributed by atoms with van der Waals surface area (Å²) in [5, 5.41) is 5.50. The fourth-order valence-electron chi connectivity index (χ4n) is 1.94. The summed E-state index contributed by atoms with van der Waals surface area (Å²) >= 11 is 20.2. The quantitative estimate of drug-likeness (QED) is 0.260. The second-order valence-corrected chi connectivity index (χ2v) is 8.60. The molecule has 0 amide bonds. The highest BCUT2D eigenvalue weighted by atomic mass is 35.5. The molecule has 2 aromatic carbocycles. The van der Waals surface area contributed by atoms with E-state index in [1.54, 1.807) is 35.0 Å². The molecule has 0 aliphatic rings. The maximum atomic E-state index is 13.0. The maximum absolute atomic E-state index is 13.0. The summed E-state index contributed by atoms with van der Waals surface area (Å²) in [6.07, 6.45) is 0. The van der Waals surface area contributed by atoms with Gasteiger partial charge in [0.15, 0.2) is 8.29 Å². The topological polar surface area (TPSA) is 27.1 Å². The Balaban J connectivity index is 1.58. The van der Waals surface area contributed by atoms with Crippen LogP contribution in [0.3, 0.4) is 0 Å². The second kappa shape index (κ2) is 8.51. The van der Waals surface area contributed by atoms with Crippen LogP contribution in [0.1, 0.15) is 0 Å². The highest BCUT2D eigenvalue weighted by Crippen LogP contribution is 2.28. The Labute approximate surface area is 167 Å². The zero-order valence-electron chi connectivity index (χ0n) is 12.6. The number of aromatic nitrogens is 2. The van der Waals surface area contributed by atoms with E-state index in [0.717, 1.165) is 10.0 Å². The number of thioether (sulfide) groups is 1. The van der Waals surface area contributed by atoms with E-state index >= 15 is 0 Å². The fourth-order valence-corrected chi connectivity index (χ4v) is 4.65. The van der Waals surface area contributed by atoms with Crippen molar-refractivity contribution in [2.45, 2.75) is 4.34 Å². The van der Waals surface area contributed by atoms with Gasteiger partial charge in [-0.15, -0.1) is 5.10 Å². The van der Waals surface area contributed by atoms with Crippen LogP contribution in [0.15, 0.2) is 46.8 Å². The zero-order valence-corrected chi connectivity index (χ0v) is 16.6. The van der Waals surface area contributed by atoms with E-state index in [9.17, 15) is 4.39 Å². The third kappa shape index (κ3) is 4.95. The molecule has 0 radical (unpaired) electrons. The molecule has 130 valence electrons. The molecule has 9 heteroatoms. The van der Waals surface area contributed by atoms with Gasteiger partial charge >= 0.3 is 0 Å². The predicted octanol–water partition coefficient (Wildman–Crippen LogP) is 6.28. The molecule has 0 spiro atoms. The molecule has 0 saturated heterocycles. The first kappa shape index (κ1) is 18.7. The fraction of sp³-hybridized carbons (Fsp3) is 0.125. The summed E-state index contributed by atoms with van der Waals surface area (Å²) in [6.45, 7) is 0.467. The van der Waals surface area contributed by atoms with Gasteiger partial charge < -0.3 is 4.74 Å². The first-order valence-electron chi connectivity index (χ1n) is 7.10. The van der Waals surface area contributed by atoms with Crippen LogP contribution in [0.5, 0.6) is 5.75 Å². The van der Waals surface area contributed by atoms with E-state index in [0.29, 0.717) is 32.1 Å². The van der Waals surface area contributed by atoms with Crippen LogP contribution in [0.25, 0.3) is 5.69 Å². The van der Waals surface area contributed by atoms with Gasteiger partial charge in [-0.05, 0) is 54.7 Å². The number of halogens is 3. The van der Waals surface area contributed by atoms with Gasteiger partial charge in [0.2, 0.25) is 0 Å². The van der Waals surface area contributed by atoms with Gasteiger partial charge in [0.25, 0.3) is 0 Å². The van der Waals surface area contributed by atoms with Crippen molar-refractivity contribution in [2.75, 3.05) is 12.4 Å². The highest BCUT2D eigenvalue weighted by molar-refractivity contribution is 8.01. The van der Waals surface area contributed by atoms with Crippen LogP contribution in [0, 0.1) is 9.77 Å². The van der Waals surface area contributed by atoms with Crippen LogP contribution in [0.2, 0.25) is 10.0 Å². The third-order valence-corrected chi connectivity index (χ3v) is 5.92. The van der Waals surface area contributed by atoms with Crippen molar-refractivity contribution < 1.29 is 9.13 Å². The van der Waals surface area contributed by atoms with Crippen molar-refractivity contribution >= 4 is 58.5 Å². The summed E-state index contributed by atoms with van der Waals surface area (Å²) in [4.78, 5) is 0. The Hall–Kier alpha value is -1.12. The zero-order chi connectivity index (χ0) is 17.8. The number of hydrogen-bond donors (Lipinski definition) is 0. The second-order valence-electron chi connectivity index (χ2n) is 4.79. The minimum atomic E-state index is -0.293. The molecular weight excluding hydrogens is 422 g/mol. The lowest BCUT2D eigenvalue weighted by atomic mass is 10.3. The van der Waals surface area contributed by atoms with Crippen molar-refractivity contribution in [2.24, 2.45) is 0 Å². The number of benzene rings is 2. The third-order valence-electron chi connectivity index (χ3n) is 3.06. The van der Waals surface area contributed by atoms with Crippen LogP contribution in [-0.4, -0.2) is 22.1 Å². The van der Waals surface area contributed by atoms with Crippen molar-refractivity contribution in [1.82, 2.24) is 9.78 Å². The molecular formula is C16H11Cl2FN2OS3. The van der Waals surface area contributed by atoms with Gasteiger partial charge in [-0.1, -0.05) is 46.3 Å². The van der Waals surface area contributed by atoms with Crippen molar-refractivity contribution in [3.8, 4) is 11.4 Å². The highest BCUT2D eigenvalue weighted by Gasteiger charge is 2.07. The van der Waals surface area contributed by atoms with E-state index < -0.39 is 0 Å². The van der Waals surface area contributed by atoms with E-state index in [2.05, 4.69) is 5.10 Å². The summed E-state index contributed by atoms with van der Waals surface area (Å²) < 4.78 is 21.7. The van der Waals surface area contributed by atoms with E-state index in [4.69, 9.17) is 40.2 Å². The lowest BCUT2D eigenvalue weighted by Crippen LogP contribution is -2.01. The molecule has 0 bridgehead atoms. The van der Waals surface area contributed by atoms with Crippen LogP contribution in [0.4, 0.5) is 4.39 Å². The standard InChI is InChI=1S/C16H11Cl2FN2OS3/c17-10-1-6-14(13(18)9-10)22-7-8-24-15-20-21(16(23)25-15)12-4-2-11(19)3-5-12/h1-6,9H,7-8H2. The van der Waals surface area contributed by atoms with E-state index in [1.165, 1.54) is 35.2 Å². The van der Waals surface area contributed by atoms with Crippen molar-refractivity contribution in [1.29, 1.82) is 0 Å². The average molecular weight is 433 g/mol. The van der Waals surface area contributed by atoms with Gasteiger partial charge in [0.1, 0.15) is 11.6 Å². The lowest BCUT2D eigenvalue weighted by molar-refractivity contribution is 0.344. The Morgan fingerprint density at radius 2 is 1.96 bits per heavy atom. The first-order chi connectivity index (χ1) is 12.0. The predicted molar refractivity (Wildman–Crippen MR) is 105 cm³/mol. The molecule has 0 N–H and O–H groups in total. The molecule has 0 aliphatic heterocycles. The minimum Gasteiger partial charge on any atom is -0.491 e. The Kier molecular flexibility index (Phi) is 6.35. The van der Waals surface area contributed by atoms with Crippen molar-refractivity contribution in [3.63, 3.8) is 0 Å². The Morgan fingerprint density at radius 3 is 2.68 bits per heavy atom. The van der Waals surface area contributed by atoms with Gasteiger partial charge in [0.05, 0.1) is 17.3 Å². The van der Waals surface area contributed by atoms with Crippen molar-refractivity contribution in [3.05, 3.63) is 62.3 Å². The van der Waals surface area contributed by atoms with Gasteiger partial charge in [-0.25, -0.2) is 9.07 Å².